The Morgan fingerprint density at radius 1 is 1.06 bits per heavy atom. The topological polar surface area (TPSA) is 122 Å². The van der Waals surface area contributed by atoms with Crippen molar-refractivity contribution in [2.45, 2.75) is 6.54 Å². The summed E-state index contributed by atoms with van der Waals surface area (Å²) in [4.78, 5) is 43.6. The van der Waals surface area contributed by atoms with Crippen LogP contribution in [0.2, 0.25) is 0 Å². The van der Waals surface area contributed by atoms with Crippen LogP contribution < -0.4 is 16.4 Å². The molecular formula is C22H16N6O3S2. The van der Waals surface area contributed by atoms with Crippen LogP contribution in [0.5, 0.6) is 0 Å². The third-order valence-electron chi connectivity index (χ3n) is 4.87. The molecule has 0 saturated heterocycles. The van der Waals surface area contributed by atoms with E-state index in [1.54, 1.807) is 6.07 Å². The van der Waals surface area contributed by atoms with E-state index in [4.69, 9.17) is 0 Å². The Morgan fingerprint density at radius 3 is 2.70 bits per heavy atom. The smallest absolute Gasteiger partial charge is 0.287 e. The molecule has 164 valence electrons. The van der Waals surface area contributed by atoms with Gasteiger partial charge in [0.1, 0.15) is 17.1 Å². The molecule has 4 heterocycles. The van der Waals surface area contributed by atoms with Gasteiger partial charge in [0.05, 0.1) is 17.4 Å². The molecule has 0 bridgehead atoms. The standard InChI is InChI=1S/C22H16N6O3S2/c29-18(26-27-20(30)16-9-15(24-25-16)13-5-2-1-3-6-13)10-28-12-23-21-19(22(28)31)14(11-33-21)17-7-4-8-32-17/h1-9,11-12H,10H2,(H,24,25)(H,26,29)(H,27,30). The number of carbonyl (C=O) groups is 2. The molecule has 0 spiro atoms. The summed E-state index contributed by atoms with van der Waals surface area (Å²) >= 11 is 2.91. The van der Waals surface area contributed by atoms with Crippen LogP contribution >= 0.6 is 22.7 Å². The van der Waals surface area contributed by atoms with Gasteiger partial charge in [0.25, 0.3) is 17.4 Å². The first-order valence-electron chi connectivity index (χ1n) is 9.80. The van der Waals surface area contributed by atoms with E-state index in [-0.39, 0.29) is 17.8 Å². The number of rotatable bonds is 5. The summed E-state index contributed by atoms with van der Waals surface area (Å²) in [6.45, 7) is -0.292. The molecule has 0 fully saturated rings. The van der Waals surface area contributed by atoms with Crippen LogP contribution in [0.1, 0.15) is 10.5 Å². The van der Waals surface area contributed by atoms with Crippen LogP contribution in [0, 0.1) is 0 Å². The highest BCUT2D eigenvalue weighted by atomic mass is 32.1. The molecule has 1 aromatic carbocycles. The number of carbonyl (C=O) groups excluding carboxylic acids is 2. The van der Waals surface area contributed by atoms with Gasteiger partial charge in [-0.15, -0.1) is 22.7 Å². The zero-order valence-corrected chi connectivity index (χ0v) is 18.6. The molecule has 5 aromatic rings. The first-order valence-corrected chi connectivity index (χ1v) is 11.6. The molecule has 5 rings (SSSR count). The van der Waals surface area contributed by atoms with Gasteiger partial charge in [0.15, 0.2) is 0 Å². The monoisotopic (exact) mass is 476 g/mol. The molecule has 0 radical (unpaired) electrons. The number of benzene rings is 1. The number of nitrogens with zero attached hydrogens (tertiary/aromatic N) is 3. The highest BCUT2D eigenvalue weighted by molar-refractivity contribution is 7.18. The van der Waals surface area contributed by atoms with Crippen LogP contribution in [0.3, 0.4) is 0 Å². The van der Waals surface area contributed by atoms with Gasteiger partial charge in [0, 0.05) is 21.4 Å². The minimum Gasteiger partial charge on any atom is -0.289 e. The number of fused-ring (bicyclic) bond motifs is 1. The Labute approximate surface area is 194 Å². The van der Waals surface area contributed by atoms with E-state index in [0.717, 1.165) is 16.0 Å². The molecule has 33 heavy (non-hydrogen) atoms. The molecule has 9 nitrogen and oxygen atoms in total. The van der Waals surface area contributed by atoms with Gasteiger partial charge in [-0.1, -0.05) is 36.4 Å². The number of hydrogen-bond acceptors (Lipinski definition) is 7. The fourth-order valence-electron chi connectivity index (χ4n) is 3.28. The van der Waals surface area contributed by atoms with Crippen LogP contribution in [0.25, 0.3) is 31.9 Å². The summed E-state index contributed by atoms with van der Waals surface area (Å²) in [5, 5.41) is 11.1. The van der Waals surface area contributed by atoms with E-state index >= 15 is 0 Å². The molecule has 0 unspecified atom stereocenters. The zero-order valence-electron chi connectivity index (χ0n) is 16.9. The SMILES string of the molecule is O=C(Cn1cnc2scc(-c3cccs3)c2c1=O)NNC(=O)c1cc(-c2ccccc2)n[nH]1. The number of thiophene rings is 2. The van der Waals surface area contributed by atoms with Crippen molar-refractivity contribution in [2.24, 2.45) is 0 Å². The van der Waals surface area contributed by atoms with Gasteiger partial charge < -0.3 is 0 Å². The molecular weight excluding hydrogens is 460 g/mol. The number of aromatic nitrogens is 4. The first kappa shape index (κ1) is 20.8. The second-order valence-corrected chi connectivity index (χ2v) is 8.83. The van der Waals surface area contributed by atoms with E-state index in [0.29, 0.717) is 15.9 Å². The van der Waals surface area contributed by atoms with Gasteiger partial charge >= 0.3 is 0 Å². The molecule has 0 atom stereocenters. The molecule has 0 aliphatic carbocycles. The third kappa shape index (κ3) is 4.19. The van der Waals surface area contributed by atoms with Crippen molar-refractivity contribution < 1.29 is 9.59 Å². The van der Waals surface area contributed by atoms with Crippen LogP contribution in [0.15, 0.2) is 70.4 Å². The van der Waals surface area contributed by atoms with Crippen molar-refractivity contribution in [2.75, 3.05) is 0 Å². The molecule has 0 aliphatic rings. The van der Waals surface area contributed by atoms with E-state index in [2.05, 4.69) is 26.0 Å². The van der Waals surface area contributed by atoms with Gasteiger partial charge in [-0.3, -0.25) is 34.9 Å². The Kier molecular flexibility index (Phi) is 5.55. The summed E-state index contributed by atoms with van der Waals surface area (Å²) in [6, 6.07) is 14.8. The average molecular weight is 477 g/mol. The summed E-state index contributed by atoms with van der Waals surface area (Å²) in [7, 11) is 0. The fraction of sp³-hybridized carbons (Fsp3) is 0.0455. The van der Waals surface area contributed by atoms with Crippen molar-refractivity contribution in [3.8, 4) is 21.7 Å². The number of nitrogens with one attached hydrogen (secondary N) is 3. The van der Waals surface area contributed by atoms with Gasteiger partial charge in [-0.05, 0) is 17.5 Å². The fourth-order valence-corrected chi connectivity index (χ4v) is 5.00. The molecule has 4 aromatic heterocycles. The second-order valence-electron chi connectivity index (χ2n) is 7.02. The normalized spacial score (nSPS) is 10.9. The van der Waals surface area contributed by atoms with Crippen molar-refractivity contribution in [1.29, 1.82) is 0 Å². The summed E-state index contributed by atoms with van der Waals surface area (Å²) < 4.78 is 1.22. The third-order valence-corrected chi connectivity index (χ3v) is 6.66. The molecule has 3 N–H and O–H groups in total. The van der Waals surface area contributed by atoms with Gasteiger partial charge in [-0.25, -0.2) is 4.98 Å². The molecule has 2 amide bonds. The number of amides is 2. The minimum absolute atomic E-state index is 0.188. The predicted octanol–water partition coefficient (Wildman–Crippen LogP) is 3.04. The lowest BCUT2D eigenvalue weighted by Crippen LogP contribution is -2.44. The number of aromatic amines is 1. The Morgan fingerprint density at radius 2 is 1.91 bits per heavy atom. The molecule has 0 saturated carbocycles. The van der Waals surface area contributed by atoms with Crippen molar-refractivity contribution in [3.63, 3.8) is 0 Å². The van der Waals surface area contributed by atoms with E-state index in [1.807, 2.05) is 53.2 Å². The first-order chi connectivity index (χ1) is 16.1. The van der Waals surface area contributed by atoms with E-state index < -0.39 is 11.8 Å². The predicted molar refractivity (Wildman–Crippen MR) is 127 cm³/mol. The minimum atomic E-state index is -0.567. The highest BCUT2D eigenvalue weighted by Crippen LogP contribution is 2.33. The largest absolute Gasteiger partial charge is 0.289 e. The maximum atomic E-state index is 13.0. The van der Waals surface area contributed by atoms with Crippen molar-refractivity contribution in [3.05, 3.63) is 81.7 Å². The summed E-state index contributed by atoms with van der Waals surface area (Å²) in [5.74, 6) is -1.13. The Bertz CT molecular complexity index is 1500. The quantitative estimate of drug-likeness (QED) is 0.337. The highest BCUT2D eigenvalue weighted by Gasteiger charge is 2.16. The maximum Gasteiger partial charge on any atom is 0.287 e. The van der Waals surface area contributed by atoms with E-state index in [9.17, 15) is 14.4 Å². The molecule has 0 aliphatic heterocycles. The number of hydrogen-bond donors (Lipinski definition) is 3. The maximum absolute atomic E-state index is 13.0. The number of hydrazine groups is 1. The van der Waals surface area contributed by atoms with Crippen LogP contribution in [-0.2, 0) is 11.3 Å². The van der Waals surface area contributed by atoms with Crippen molar-refractivity contribution >= 4 is 44.7 Å². The zero-order chi connectivity index (χ0) is 22.8. The molecule has 11 heteroatoms. The average Bonchev–Trinajstić information content (AvgIpc) is 3.60. The lowest BCUT2D eigenvalue weighted by Gasteiger charge is -2.08. The van der Waals surface area contributed by atoms with Crippen LogP contribution in [0.4, 0.5) is 0 Å². The van der Waals surface area contributed by atoms with Crippen molar-refractivity contribution in [1.82, 2.24) is 30.6 Å². The summed E-state index contributed by atoms with van der Waals surface area (Å²) in [6.07, 6.45) is 1.34. The Balaban J connectivity index is 1.26. The summed E-state index contributed by atoms with van der Waals surface area (Å²) in [5.41, 5.74) is 6.79. The lowest BCUT2D eigenvalue weighted by molar-refractivity contribution is -0.122. The van der Waals surface area contributed by atoms with E-state index in [1.165, 1.54) is 33.6 Å². The number of H-pyrrole nitrogens is 1. The Hall–Kier alpha value is -4.09. The lowest BCUT2D eigenvalue weighted by atomic mass is 10.1. The second kappa shape index (κ2) is 8.81. The van der Waals surface area contributed by atoms with Gasteiger partial charge in [-0.2, -0.15) is 5.10 Å². The van der Waals surface area contributed by atoms with Crippen LogP contribution in [-0.4, -0.2) is 31.6 Å². The van der Waals surface area contributed by atoms with Gasteiger partial charge in [0.2, 0.25) is 0 Å².